The van der Waals surface area contributed by atoms with E-state index in [1.165, 1.54) is 0 Å². The molecule has 0 saturated heterocycles. The molecule has 4 heterocycles. The van der Waals surface area contributed by atoms with Crippen LogP contribution in [0.15, 0.2) is 186 Å². The molecule has 8 aromatic carbocycles. The lowest BCUT2D eigenvalue weighted by atomic mass is 9.98. The van der Waals surface area contributed by atoms with Crippen molar-refractivity contribution in [3.05, 3.63) is 193 Å². The first kappa shape index (κ1) is 34.3. The van der Waals surface area contributed by atoms with Crippen molar-refractivity contribution >= 4 is 65.6 Å². The molecule has 61 heavy (non-hydrogen) atoms. The number of benzene rings is 8. The fraction of sp³-hybridized carbons (Fsp3) is 0. The van der Waals surface area contributed by atoms with Crippen LogP contribution >= 0.6 is 0 Å². The summed E-state index contributed by atoms with van der Waals surface area (Å²) in [6, 6.07) is 66.0. The number of para-hydroxylation sites is 4. The Bertz CT molecular complexity index is 3840. The highest BCUT2D eigenvalue weighted by Gasteiger charge is 2.25. The van der Waals surface area contributed by atoms with Crippen molar-refractivity contribution in [1.82, 2.24) is 19.1 Å². The first-order chi connectivity index (χ1) is 30.2. The fourth-order valence-electron chi connectivity index (χ4n) is 9.24. The van der Waals surface area contributed by atoms with E-state index in [9.17, 15) is 10.5 Å². The third kappa shape index (κ3) is 5.08. The molecule has 0 radical (unpaired) electrons. The van der Waals surface area contributed by atoms with Crippen molar-refractivity contribution < 1.29 is 4.42 Å². The van der Waals surface area contributed by atoms with Crippen LogP contribution in [0.5, 0.6) is 0 Å². The van der Waals surface area contributed by atoms with E-state index in [1.54, 1.807) is 0 Å². The molecule has 0 fully saturated rings. The van der Waals surface area contributed by atoms with Crippen LogP contribution in [-0.2, 0) is 0 Å². The molecule has 0 saturated carbocycles. The van der Waals surface area contributed by atoms with Gasteiger partial charge in [0, 0.05) is 54.7 Å². The van der Waals surface area contributed by atoms with Gasteiger partial charge in [-0.15, -0.1) is 0 Å². The van der Waals surface area contributed by atoms with Crippen molar-refractivity contribution in [1.29, 1.82) is 10.5 Å². The number of furan rings is 1. The molecule has 0 atom stereocenters. The minimum Gasteiger partial charge on any atom is -0.456 e. The summed E-state index contributed by atoms with van der Waals surface area (Å²) in [4.78, 5) is 10.3. The topological polar surface area (TPSA) is 96.4 Å². The summed E-state index contributed by atoms with van der Waals surface area (Å²) >= 11 is 0. The highest BCUT2D eigenvalue weighted by atomic mass is 16.3. The second-order valence-corrected chi connectivity index (χ2v) is 15.1. The molecular formula is C54H30N6O. The molecule has 0 aliphatic carbocycles. The summed E-state index contributed by atoms with van der Waals surface area (Å²) in [6.45, 7) is 0. The van der Waals surface area contributed by atoms with E-state index in [1.807, 2.05) is 103 Å². The second-order valence-electron chi connectivity index (χ2n) is 15.1. The van der Waals surface area contributed by atoms with Crippen LogP contribution in [0.4, 0.5) is 0 Å². The van der Waals surface area contributed by atoms with Gasteiger partial charge in [0.15, 0.2) is 5.82 Å². The van der Waals surface area contributed by atoms with E-state index < -0.39 is 0 Å². The van der Waals surface area contributed by atoms with E-state index in [2.05, 4.69) is 100 Å². The lowest BCUT2D eigenvalue weighted by molar-refractivity contribution is 0.669. The lowest BCUT2D eigenvalue weighted by Gasteiger charge is -2.15. The second kappa shape index (κ2) is 13.4. The Labute approximate surface area is 348 Å². The Morgan fingerprint density at radius 1 is 0.459 bits per heavy atom. The largest absolute Gasteiger partial charge is 0.456 e. The maximum atomic E-state index is 11.1. The number of fused-ring (bicyclic) bond motifs is 10. The first-order valence-electron chi connectivity index (χ1n) is 20.0. The predicted molar refractivity (Wildman–Crippen MR) is 244 cm³/mol. The third-order valence-corrected chi connectivity index (χ3v) is 11.8. The number of aromatic nitrogens is 4. The molecule has 0 unspecified atom stereocenters. The van der Waals surface area contributed by atoms with Crippen molar-refractivity contribution in [3.8, 4) is 57.4 Å². The van der Waals surface area contributed by atoms with Crippen molar-refractivity contribution in [2.24, 2.45) is 0 Å². The zero-order chi connectivity index (χ0) is 40.6. The van der Waals surface area contributed by atoms with E-state index in [0.29, 0.717) is 33.9 Å². The molecule has 12 rings (SSSR count). The summed E-state index contributed by atoms with van der Waals surface area (Å²) in [5, 5.41) is 28.2. The lowest BCUT2D eigenvalue weighted by Crippen LogP contribution is -2.03. The van der Waals surface area contributed by atoms with Gasteiger partial charge < -0.3 is 13.6 Å². The van der Waals surface area contributed by atoms with Gasteiger partial charge in [-0.2, -0.15) is 10.5 Å². The zero-order valence-electron chi connectivity index (χ0n) is 32.4. The van der Waals surface area contributed by atoms with E-state index in [-0.39, 0.29) is 0 Å². The summed E-state index contributed by atoms with van der Waals surface area (Å²) in [7, 11) is 0. The normalized spacial score (nSPS) is 11.6. The number of nitriles is 2. The molecule has 0 N–H and O–H groups in total. The Hall–Kier alpha value is -8.78. The Morgan fingerprint density at radius 2 is 1.11 bits per heavy atom. The highest BCUT2D eigenvalue weighted by molar-refractivity contribution is 6.26. The zero-order valence-corrected chi connectivity index (χ0v) is 32.4. The number of hydrogen-bond donors (Lipinski definition) is 0. The van der Waals surface area contributed by atoms with Crippen LogP contribution in [0.2, 0.25) is 0 Å². The summed E-state index contributed by atoms with van der Waals surface area (Å²) in [5.41, 5.74) is 11.4. The molecule has 0 bridgehead atoms. The van der Waals surface area contributed by atoms with Crippen LogP contribution in [-0.4, -0.2) is 19.1 Å². The Balaban J connectivity index is 1.13. The molecule has 0 aliphatic rings. The van der Waals surface area contributed by atoms with Gasteiger partial charge in [-0.3, -0.25) is 0 Å². The van der Waals surface area contributed by atoms with Crippen LogP contribution in [0.1, 0.15) is 11.1 Å². The van der Waals surface area contributed by atoms with Crippen LogP contribution in [0.25, 0.3) is 111 Å². The van der Waals surface area contributed by atoms with Crippen molar-refractivity contribution in [2.75, 3.05) is 0 Å². The van der Waals surface area contributed by atoms with Gasteiger partial charge in [-0.05, 0) is 54.6 Å². The smallest absolute Gasteiger partial charge is 0.161 e. The monoisotopic (exact) mass is 778 g/mol. The standard InChI is InChI=1S/C54H30N6O/c55-31-35-30-34(52-42(32-56)51(33-14-3-1-4-15-33)57-54(58-52)41-21-13-25-48-49(41)40-20-9-12-24-47(40)61-48)26-28-43(35)60-44-22-10-7-18-37(44)38-27-29-46-50(53(38)60)39-19-8-11-23-45(39)59(46)36-16-5-2-6-17-36/h1-30H. The third-order valence-electron chi connectivity index (χ3n) is 11.8. The Morgan fingerprint density at radius 3 is 1.89 bits per heavy atom. The van der Waals surface area contributed by atoms with Crippen LogP contribution in [0, 0.1) is 22.7 Å². The fourth-order valence-corrected chi connectivity index (χ4v) is 9.24. The predicted octanol–water partition coefficient (Wildman–Crippen LogP) is 13.3. The van der Waals surface area contributed by atoms with Crippen LogP contribution < -0.4 is 0 Å². The average Bonchev–Trinajstić information content (AvgIpc) is 3.99. The van der Waals surface area contributed by atoms with Gasteiger partial charge in [0.05, 0.1) is 44.7 Å². The molecule has 7 nitrogen and oxygen atoms in total. The molecule has 282 valence electrons. The minimum atomic E-state index is 0.322. The maximum Gasteiger partial charge on any atom is 0.161 e. The minimum absolute atomic E-state index is 0.322. The summed E-state index contributed by atoms with van der Waals surface area (Å²) in [5.74, 6) is 0.451. The molecule has 12 aromatic rings. The van der Waals surface area contributed by atoms with Gasteiger partial charge in [-0.25, -0.2) is 9.97 Å². The molecule has 4 aromatic heterocycles. The Kier molecular flexibility index (Phi) is 7.52. The molecule has 0 spiro atoms. The molecule has 0 aliphatic heterocycles. The summed E-state index contributed by atoms with van der Waals surface area (Å²) in [6.07, 6.45) is 0. The average molecular weight is 779 g/mol. The number of rotatable bonds is 5. The van der Waals surface area contributed by atoms with E-state index >= 15 is 0 Å². The number of nitrogens with zero attached hydrogens (tertiary/aromatic N) is 6. The van der Waals surface area contributed by atoms with Crippen molar-refractivity contribution in [2.45, 2.75) is 0 Å². The van der Waals surface area contributed by atoms with Gasteiger partial charge in [0.25, 0.3) is 0 Å². The quantitative estimate of drug-likeness (QED) is 0.173. The van der Waals surface area contributed by atoms with E-state index in [4.69, 9.17) is 14.4 Å². The van der Waals surface area contributed by atoms with Crippen LogP contribution in [0.3, 0.4) is 0 Å². The van der Waals surface area contributed by atoms with Gasteiger partial charge in [0.1, 0.15) is 28.9 Å². The van der Waals surface area contributed by atoms with Gasteiger partial charge in [0.2, 0.25) is 0 Å². The molecule has 0 amide bonds. The first-order valence-corrected chi connectivity index (χ1v) is 20.0. The molecule has 7 heteroatoms. The molecular weight excluding hydrogens is 749 g/mol. The summed E-state index contributed by atoms with van der Waals surface area (Å²) < 4.78 is 10.8. The van der Waals surface area contributed by atoms with Gasteiger partial charge >= 0.3 is 0 Å². The van der Waals surface area contributed by atoms with Gasteiger partial charge in [-0.1, -0.05) is 127 Å². The van der Waals surface area contributed by atoms with Crippen molar-refractivity contribution in [3.63, 3.8) is 0 Å². The number of hydrogen-bond acceptors (Lipinski definition) is 5. The highest BCUT2D eigenvalue weighted by Crippen LogP contribution is 2.44. The maximum absolute atomic E-state index is 11.1. The van der Waals surface area contributed by atoms with E-state index in [0.717, 1.165) is 88.1 Å². The SMILES string of the molecule is N#Cc1cc(-c2nc(-c3cccc4oc5ccccc5c34)nc(-c3ccccc3)c2C#N)ccc1-n1c2ccccc2c2ccc3c(c4ccccc4n3-c3ccccc3)c21.